The summed E-state index contributed by atoms with van der Waals surface area (Å²) in [7, 11) is 0. The number of nitrogens with one attached hydrogen (secondary N) is 1. The quantitative estimate of drug-likeness (QED) is 0.835. The molecule has 0 saturated heterocycles. The highest BCUT2D eigenvalue weighted by Gasteiger charge is 2.19. The molecule has 0 radical (unpaired) electrons. The first kappa shape index (κ1) is 13.5. The van der Waals surface area contributed by atoms with Crippen LogP contribution in [-0.4, -0.2) is 17.8 Å². The molecule has 0 atom stereocenters. The van der Waals surface area contributed by atoms with Crippen molar-refractivity contribution in [1.82, 2.24) is 5.32 Å². The third-order valence-corrected chi connectivity index (χ3v) is 3.98. The molecule has 3 nitrogen and oxygen atoms in total. The molecule has 100 valence electrons. The predicted octanol–water partition coefficient (Wildman–Crippen LogP) is 3.13. The van der Waals surface area contributed by atoms with Crippen molar-refractivity contribution in [2.24, 2.45) is 5.92 Å². The third kappa shape index (κ3) is 4.37. The van der Waals surface area contributed by atoms with Crippen LogP contribution >= 0.6 is 11.6 Å². The molecule has 4 heteroatoms. The molecule has 1 fully saturated rings. The Morgan fingerprint density at radius 3 is 2.83 bits per heavy atom. The molecule has 18 heavy (non-hydrogen) atoms. The Bertz CT molecular complexity index is 356. The second kappa shape index (κ2) is 6.83. The maximum absolute atomic E-state index is 11.7. The summed E-state index contributed by atoms with van der Waals surface area (Å²) in [6.07, 6.45) is 7.23. The van der Waals surface area contributed by atoms with Gasteiger partial charge in [0.25, 0.3) is 0 Å². The number of hydrogen-bond acceptors (Lipinski definition) is 2. The minimum atomic E-state index is 0.111. The van der Waals surface area contributed by atoms with Crippen LogP contribution in [0.5, 0.6) is 0 Å². The van der Waals surface area contributed by atoms with Crippen molar-refractivity contribution in [2.75, 3.05) is 6.54 Å². The normalized spacial score (nSPS) is 23.8. The van der Waals surface area contributed by atoms with Crippen LogP contribution < -0.4 is 5.32 Å². The lowest BCUT2D eigenvalue weighted by Gasteiger charge is -2.25. The molecular weight excluding hydrogens is 250 g/mol. The zero-order valence-corrected chi connectivity index (χ0v) is 11.3. The fourth-order valence-corrected chi connectivity index (χ4v) is 2.62. The SMILES string of the molecule is O=C(CCc1ccco1)NCC1CCC(Cl)CC1. The summed E-state index contributed by atoms with van der Waals surface area (Å²) in [5.41, 5.74) is 0. The van der Waals surface area contributed by atoms with Gasteiger partial charge in [-0.25, -0.2) is 0 Å². The maximum atomic E-state index is 11.7. The van der Waals surface area contributed by atoms with Crippen LogP contribution in [-0.2, 0) is 11.2 Å². The Morgan fingerprint density at radius 2 is 2.17 bits per heavy atom. The molecule has 2 rings (SSSR count). The second-order valence-corrected chi connectivity index (χ2v) is 5.62. The fraction of sp³-hybridized carbons (Fsp3) is 0.643. The van der Waals surface area contributed by atoms with Crippen LogP contribution in [0, 0.1) is 5.92 Å². The van der Waals surface area contributed by atoms with Gasteiger partial charge >= 0.3 is 0 Å². The van der Waals surface area contributed by atoms with Gasteiger partial charge in [0.1, 0.15) is 5.76 Å². The van der Waals surface area contributed by atoms with Crippen molar-refractivity contribution in [1.29, 1.82) is 0 Å². The minimum Gasteiger partial charge on any atom is -0.469 e. The standard InChI is InChI=1S/C14H20ClNO2/c15-12-5-3-11(4-6-12)10-16-14(17)8-7-13-2-1-9-18-13/h1-2,9,11-12H,3-8,10H2,(H,16,17). The number of furan rings is 1. The van der Waals surface area contributed by atoms with E-state index in [9.17, 15) is 4.79 Å². The molecule has 1 saturated carbocycles. The van der Waals surface area contributed by atoms with Gasteiger partial charge in [-0.3, -0.25) is 4.79 Å². The largest absolute Gasteiger partial charge is 0.469 e. The zero-order valence-electron chi connectivity index (χ0n) is 10.5. The van der Waals surface area contributed by atoms with E-state index in [1.165, 1.54) is 0 Å². The Kier molecular flexibility index (Phi) is 5.12. The molecule has 1 aromatic rings. The fourth-order valence-electron chi connectivity index (χ4n) is 2.36. The Balaban J connectivity index is 1.60. The Hall–Kier alpha value is -0.960. The molecule has 0 aliphatic heterocycles. The highest BCUT2D eigenvalue weighted by molar-refractivity contribution is 6.20. The topological polar surface area (TPSA) is 42.2 Å². The van der Waals surface area contributed by atoms with Gasteiger partial charge in [-0.1, -0.05) is 0 Å². The first-order chi connectivity index (χ1) is 8.74. The lowest BCUT2D eigenvalue weighted by atomic mass is 9.89. The van der Waals surface area contributed by atoms with E-state index in [2.05, 4.69) is 5.32 Å². The van der Waals surface area contributed by atoms with Gasteiger partial charge in [0, 0.05) is 24.8 Å². The summed E-state index contributed by atoms with van der Waals surface area (Å²) in [4.78, 5) is 11.7. The summed E-state index contributed by atoms with van der Waals surface area (Å²) in [6.45, 7) is 0.792. The molecule has 1 heterocycles. The molecule has 1 aliphatic carbocycles. The van der Waals surface area contributed by atoms with E-state index in [4.69, 9.17) is 16.0 Å². The molecule has 1 N–H and O–H groups in total. The average molecular weight is 270 g/mol. The van der Waals surface area contributed by atoms with Gasteiger partial charge in [-0.15, -0.1) is 11.6 Å². The van der Waals surface area contributed by atoms with Crippen molar-refractivity contribution >= 4 is 17.5 Å². The second-order valence-electron chi connectivity index (χ2n) is 5.00. The van der Waals surface area contributed by atoms with Crippen molar-refractivity contribution in [2.45, 2.75) is 43.9 Å². The molecule has 0 unspecified atom stereocenters. The van der Waals surface area contributed by atoms with E-state index in [1.54, 1.807) is 6.26 Å². The van der Waals surface area contributed by atoms with Crippen LogP contribution in [0.1, 0.15) is 37.9 Å². The minimum absolute atomic E-state index is 0.111. The van der Waals surface area contributed by atoms with E-state index in [-0.39, 0.29) is 5.91 Å². The van der Waals surface area contributed by atoms with Crippen LogP contribution in [0.25, 0.3) is 0 Å². The van der Waals surface area contributed by atoms with E-state index < -0.39 is 0 Å². The van der Waals surface area contributed by atoms with E-state index in [0.717, 1.165) is 38.0 Å². The molecule has 1 amide bonds. The van der Waals surface area contributed by atoms with E-state index >= 15 is 0 Å². The van der Waals surface area contributed by atoms with Gasteiger partial charge in [-0.05, 0) is 43.7 Å². The molecule has 0 spiro atoms. The number of carbonyl (C=O) groups excluding carboxylic acids is 1. The number of rotatable bonds is 5. The number of aryl methyl sites for hydroxylation is 1. The molecule has 0 aromatic carbocycles. The van der Waals surface area contributed by atoms with Gasteiger partial charge in [-0.2, -0.15) is 0 Å². The van der Waals surface area contributed by atoms with Crippen LogP contribution in [0.2, 0.25) is 0 Å². The lowest BCUT2D eigenvalue weighted by Crippen LogP contribution is -2.31. The first-order valence-electron chi connectivity index (χ1n) is 6.67. The zero-order chi connectivity index (χ0) is 12.8. The summed E-state index contributed by atoms with van der Waals surface area (Å²) in [5.74, 6) is 1.58. The summed E-state index contributed by atoms with van der Waals surface area (Å²) < 4.78 is 5.20. The van der Waals surface area contributed by atoms with Crippen molar-refractivity contribution in [3.05, 3.63) is 24.2 Å². The Morgan fingerprint density at radius 1 is 1.39 bits per heavy atom. The van der Waals surface area contributed by atoms with E-state index in [1.807, 2.05) is 12.1 Å². The average Bonchev–Trinajstić information content (AvgIpc) is 2.89. The van der Waals surface area contributed by atoms with Crippen molar-refractivity contribution in [3.63, 3.8) is 0 Å². The third-order valence-electron chi connectivity index (χ3n) is 3.54. The Labute approximate surface area is 113 Å². The van der Waals surface area contributed by atoms with Gasteiger partial charge < -0.3 is 9.73 Å². The monoisotopic (exact) mass is 269 g/mol. The number of hydrogen-bond donors (Lipinski definition) is 1. The highest BCUT2D eigenvalue weighted by atomic mass is 35.5. The molecule has 0 bridgehead atoms. The maximum Gasteiger partial charge on any atom is 0.220 e. The first-order valence-corrected chi connectivity index (χ1v) is 7.11. The predicted molar refractivity (Wildman–Crippen MR) is 71.6 cm³/mol. The number of carbonyl (C=O) groups is 1. The number of amides is 1. The van der Waals surface area contributed by atoms with Crippen LogP contribution in [0.15, 0.2) is 22.8 Å². The molecule has 1 aromatic heterocycles. The van der Waals surface area contributed by atoms with E-state index in [0.29, 0.717) is 24.1 Å². The van der Waals surface area contributed by atoms with Crippen molar-refractivity contribution in [3.8, 4) is 0 Å². The number of alkyl halides is 1. The van der Waals surface area contributed by atoms with Gasteiger partial charge in [0.15, 0.2) is 0 Å². The van der Waals surface area contributed by atoms with Gasteiger partial charge in [0.2, 0.25) is 5.91 Å². The smallest absolute Gasteiger partial charge is 0.220 e. The molecular formula is C14H20ClNO2. The van der Waals surface area contributed by atoms with Crippen molar-refractivity contribution < 1.29 is 9.21 Å². The van der Waals surface area contributed by atoms with Crippen LogP contribution in [0.3, 0.4) is 0 Å². The summed E-state index contributed by atoms with van der Waals surface area (Å²) in [6, 6.07) is 3.74. The van der Waals surface area contributed by atoms with Crippen LogP contribution in [0.4, 0.5) is 0 Å². The summed E-state index contributed by atoms with van der Waals surface area (Å²) in [5, 5.41) is 3.35. The number of halogens is 1. The lowest BCUT2D eigenvalue weighted by molar-refractivity contribution is -0.121. The molecule has 1 aliphatic rings. The summed E-state index contributed by atoms with van der Waals surface area (Å²) >= 11 is 6.05. The van der Waals surface area contributed by atoms with Gasteiger partial charge in [0.05, 0.1) is 6.26 Å². The highest BCUT2D eigenvalue weighted by Crippen LogP contribution is 2.26.